The summed E-state index contributed by atoms with van der Waals surface area (Å²) in [6.07, 6.45) is 0.518. The summed E-state index contributed by atoms with van der Waals surface area (Å²) in [5.74, 6) is 0. The minimum Gasteiger partial charge on any atom is -0.445 e. The zero-order valence-corrected chi connectivity index (χ0v) is 10.9. The number of carbonyl (C=O) groups excluding carboxylic acids is 1. The highest BCUT2D eigenvalue weighted by atomic mass is 19.4. The molecule has 0 aromatic heterocycles. The second kappa shape index (κ2) is 5.97. The molecule has 0 radical (unpaired) electrons. The van der Waals surface area contributed by atoms with Crippen molar-refractivity contribution in [2.45, 2.75) is 26.4 Å². The van der Waals surface area contributed by atoms with Crippen molar-refractivity contribution >= 4 is 13.1 Å². The summed E-state index contributed by atoms with van der Waals surface area (Å²) in [4.78, 5) is 12.6. The highest BCUT2D eigenvalue weighted by Crippen LogP contribution is 2.20. The normalized spacial score (nSPS) is 11.9. The van der Waals surface area contributed by atoms with Crippen LogP contribution in [0.1, 0.15) is 20.8 Å². The molecule has 0 aliphatic rings. The van der Waals surface area contributed by atoms with Gasteiger partial charge in [-0.3, -0.25) is 0 Å². The van der Waals surface area contributed by atoms with E-state index < -0.39 is 30.7 Å². The third-order valence-electron chi connectivity index (χ3n) is 1.86. The van der Waals surface area contributed by atoms with Crippen molar-refractivity contribution in [3.63, 3.8) is 0 Å². The highest BCUT2D eigenvalue weighted by Gasteiger charge is 2.30. The van der Waals surface area contributed by atoms with Gasteiger partial charge in [-0.15, -0.1) is 18.6 Å². The molecule has 0 fully saturated rings. The fourth-order valence-corrected chi connectivity index (χ4v) is 1.03. The van der Waals surface area contributed by atoms with Gasteiger partial charge in [0, 0.05) is 13.1 Å². The molecular formula is C11H18BF3NO2-. The Bertz CT molecular complexity index is 334. The van der Waals surface area contributed by atoms with Crippen LogP contribution in [0.4, 0.5) is 17.7 Å². The van der Waals surface area contributed by atoms with Crippen LogP contribution in [-0.4, -0.2) is 36.7 Å². The Morgan fingerprint density at radius 2 is 1.89 bits per heavy atom. The maximum absolute atomic E-state index is 12.4. The topological polar surface area (TPSA) is 29.5 Å². The SMILES string of the molecule is C=CCN(CC(=C)[B-](F)(F)F)C(=O)OC(C)(C)C. The Labute approximate surface area is 105 Å². The minimum atomic E-state index is -5.16. The summed E-state index contributed by atoms with van der Waals surface area (Å²) in [7, 11) is 0. The molecule has 7 heteroatoms. The summed E-state index contributed by atoms with van der Waals surface area (Å²) in [5, 5.41) is 0. The summed E-state index contributed by atoms with van der Waals surface area (Å²) >= 11 is 0. The van der Waals surface area contributed by atoms with E-state index in [1.54, 1.807) is 20.8 Å². The van der Waals surface area contributed by atoms with Crippen molar-refractivity contribution in [3.8, 4) is 0 Å². The molecule has 0 atom stereocenters. The van der Waals surface area contributed by atoms with E-state index in [0.717, 1.165) is 4.90 Å². The Morgan fingerprint density at radius 3 is 2.22 bits per heavy atom. The fourth-order valence-electron chi connectivity index (χ4n) is 1.03. The molecule has 0 saturated carbocycles. The fraction of sp³-hybridized carbons (Fsp3) is 0.545. The standard InChI is InChI=1S/C11H18BF3NO2/c1-6-7-16(8-9(2)12(13,14)15)10(17)18-11(3,4)5/h6H,1-2,7-8H2,3-5H3/q-1. The third kappa shape index (κ3) is 6.37. The number of halogens is 3. The molecule has 0 spiro atoms. The van der Waals surface area contributed by atoms with Gasteiger partial charge in [0.2, 0.25) is 0 Å². The van der Waals surface area contributed by atoms with E-state index in [0.29, 0.717) is 0 Å². The van der Waals surface area contributed by atoms with Crippen LogP contribution in [0.25, 0.3) is 0 Å². The Balaban J connectivity index is 4.72. The second-order valence-electron chi connectivity index (χ2n) is 4.88. The van der Waals surface area contributed by atoms with Crippen LogP contribution in [-0.2, 0) is 4.74 Å². The van der Waals surface area contributed by atoms with E-state index in [1.165, 1.54) is 6.08 Å². The summed E-state index contributed by atoms with van der Waals surface area (Å²) in [6.45, 7) is 5.46. The maximum Gasteiger partial charge on any atom is 0.506 e. The van der Waals surface area contributed by atoms with Crippen molar-refractivity contribution in [2.24, 2.45) is 0 Å². The van der Waals surface area contributed by atoms with Crippen LogP contribution in [0.15, 0.2) is 24.7 Å². The lowest BCUT2D eigenvalue weighted by molar-refractivity contribution is 0.0289. The van der Waals surface area contributed by atoms with Gasteiger partial charge in [0.05, 0.1) is 0 Å². The summed E-state index contributed by atoms with van der Waals surface area (Å²) in [5.41, 5.74) is -1.70. The molecule has 1 amide bonds. The summed E-state index contributed by atoms with van der Waals surface area (Å²) < 4.78 is 42.2. The quantitative estimate of drug-likeness (QED) is 0.563. The number of nitrogens with zero attached hydrogens (tertiary/aromatic N) is 1. The predicted molar refractivity (Wildman–Crippen MR) is 66.2 cm³/mol. The van der Waals surface area contributed by atoms with Crippen molar-refractivity contribution in [1.82, 2.24) is 4.90 Å². The first-order valence-electron chi connectivity index (χ1n) is 5.44. The molecule has 0 aliphatic carbocycles. The molecule has 104 valence electrons. The average molecular weight is 264 g/mol. The molecule has 0 heterocycles. The van der Waals surface area contributed by atoms with Crippen LogP contribution in [0, 0.1) is 0 Å². The Hall–Kier alpha value is -1.40. The molecule has 0 unspecified atom stereocenters. The van der Waals surface area contributed by atoms with E-state index in [-0.39, 0.29) is 6.54 Å². The molecule has 0 aliphatic heterocycles. The molecular weight excluding hydrogens is 246 g/mol. The van der Waals surface area contributed by atoms with E-state index in [4.69, 9.17) is 4.74 Å². The molecule has 18 heavy (non-hydrogen) atoms. The lowest BCUT2D eigenvalue weighted by Crippen LogP contribution is -2.40. The van der Waals surface area contributed by atoms with Crippen molar-refractivity contribution in [1.29, 1.82) is 0 Å². The average Bonchev–Trinajstić information content (AvgIpc) is 2.12. The van der Waals surface area contributed by atoms with E-state index >= 15 is 0 Å². The molecule has 0 saturated heterocycles. The number of ether oxygens (including phenoxy) is 1. The number of rotatable bonds is 5. The first kappa shape index (κ1) is 16.6. The van der Waals surface area contributed by atoms with Crippen LogP contribution < -0.4 is 0 Å². The first-order chi connectivity index (χ1) is 7.97. The molecule has 0 N–H and O–H groups in total. The number of carbonyl (C=O) groups is 1. The molecule has 0 rings (SSSR count). The van der Waals surface area contributed by atoms with Gasteiger partial charge in [0.1, 0.15) is 5.60 Å². The van der Waals surface area contributed by atoms with Gasteiger partial charge in [0.25, 0.3) is 0 Å². The van der Waals surface area contributed by atoms with Gasteiger partial charge in [-0.1, -0.05) is 6.08 Å². The van der Waals surface area contributed by atoms with Gasteiger partial charge >= 0.3 is 13.1 Å². The van der Waals surface area contributed by atoms with Crippen LogP contribution in [0.5, 0.6) is 0 Å². The zero-order valence-electron chi connectivity index (χ0n) is 10.9. The monoisotopic (exact) mass is 264 g/mol. The van der Waals surface area contributed by atoms with E-state index in [9.17, 15) is 17.7 Å². The lowest BCUT2D eigenvalue weighted by Gasteiger charge is -2.29. The number of hydrogen-bond donors (Lipinski definition) is 0. The van der Waals surface area contributed by atoms with Gasteiger partial charge in [0.15, 0.2) is 0 Å². The molecule has 0 bridgehead atoms. The predicted octanol–water partition coefficient (Wildman–Crippen LogP) is 3.35. The Morgan fingerprint density at radius 1 is 1.39 bits per heavy atom. The summed E-state index contributed by atoms with van der Waals surface area (Å²) in [6, 6.07) is 0. The first-order valence-corrected chi connectivity index (χ1v) is 5.44. The van der Waals surface area contributed by atoms with E-state index in [1.807, 2.05) is 0 Å². The van der Waals surface area contributed by atoms with Gasteiger partial charge in [-0.25, -0.2) is 4.79 Å². The second-order valence-corrected chi connectivity index (χ2v) is 4.88. The molecule has 0 aromatic rings. The maximum atomic E-state index is 12.4. The molecule has 0 aromatic carbocycles. The van der Waals surface area contributed by atoms with Crippen molar-refractivity contribution < 1.29 is 22.5 Å². The van der Waals surface area contributed by atoms with Gasteiger partial charge in [-0.2, -0.15) is 0 Å². The minimum absolute atomic E-state index is 0.0277. The smallest absolute Gasteiger partial charge is 0.445 e. The lowest BCUT2D eigenvalue weighted by atomic mass is 9.80. The van der Waals surface area contributed by atoms with Crippen LogP contribution in [0.2, 0.25) is 0 Å². The van der Waals surface area contributed by atoms with Crippen molar-refractivity contribution in [2.75, 3.05) is 13.1 Å². The highest BCUT2D eigenvalue weighted by molar-refractivity contribution is 6.66. The Kier molecular flexibility index (Phi) is 5.51. The largest absolute Gasteiger partial charge is 0.506 e. The number of amides is 1. The number of hydrogen-bond acceptors (Lipinski definition) is 2. The van der Waals surface area contributed by atoms with Crippen LogP contribution >= 0.6 is 0 Å². The van der Waals surface area contributed by atoms with Gasteiger partial charge in [-0.05, 0) is 20.8 Å². The third-order valence-corrected chi connectivity index (χ3v) is 1.86. The van der Waals surface area contributed by atoms with Gasteiger partial charge < -0.3 is 22.6 Å². The molecule has 3 nitrogen and oxygen atoms in total. The van der Waals surface area contributed by atoms with E-state index in [2.05, 4.69) is 13.2 Å². The zero-order chi connectivity index (χ0) is 14.6. The van der Waals surface area contributed by atoms with Crippen molar-refractivity contribution in [3.05, 3.63) is 24.7 Å². The van der Waals surface area contributed by atoms with Crippen LogP contribution in [0.3, 0.4) is 0 Å².